The minimum Gasteiger partial charge on any atom is -0.504 e. The molecule has 2 aliphatic rings. The van der Waals surface area contributed by atoms with Crippen molar-refractivity contribution in [2.45, 2.75) is 82.7 Å². The van der Waals surface area contributed by atoms with E-state index in [0.29, 0.717) is 42.3 Å². The molecule has 0 amide bonds. The van der Waals surface area contributed by atoms with E-state index in [4.69, 9.17) is 10.5 Å². The van der Waals surface area contributed by atoms with Gasteiger partial charge < -0.3 is 36.1 Å². The minimum atomic E-state index is -1.62. The first-order valence-corrected chi connectivity index (χ1v) is 15.6. The molecule has 2 heterocycles. The molecule has 2 aromatic rings. The van der Waals surface area contributed by atoms with Gasteiger partial charge in [-0.05, 0) is 66.5 Å². The molecule has 9 heteroatoms. The van der Waals surface area contributed by atoms with E-state index in [1.54, 1.807) is 6.07 Å². The zero-order valence-electron chi connectivity index (χ0n) is 25.2. The number of rotatable bonds is 16. The highest BCUT2D eigenvalue weighted by atomic mass is 16.5. The number of aliphatic hydroxyl groups excluding tert-OH is 2. The van der Waals surface area contributed by atoms with Crippen LogP contribution in [0.1, 0.15) is 80.5 Å². The van der Waals surface area contributed by atoms with Crippen LogP contribution in [0.25, 0.3) is 0 Å². The number of methoxy groups -OCH3 is 1. The number of Topliss-reactive ketones (excluding diaryl/α,β-unsaturated/α-hetero) is 2. The summed E-state index contributed by atoms with van der Waals surface area (Å²) < 4.78 is 5.51. The number of nitrogens with one attached hydrogen (secondary N) is 2. The Bertz CT molecular complexity index is 1280. The number of carbonyl (C=O) groups is 2. The number of ketones is 2. The summed E-state index contributed by atoms with van der Waals surface area (Å²) in [5, 5.41) is 35.4. The molecule has 1 aliphatic heterocycles. The molecule has 1 aromatic carbocycles. The number of aromatic amines is 1. The first-order valence-electron chi connectivity index (χ1n) is 15.6. The van der Waals surface area contributed by atoms with E-state index in [2.05, 4.69) is 10.3 Å². The number of benzene rings is 1. The standard InChI is InChI=1S/C34H47N3O6/c1-43-30-18-23(12-13-29(40)34(42)28(39)11-5-9-22-7-3-2-4-8-22)17-27(33(30)41)32(24-14-16-37-31(35)20-24)25(21-38)19-26-10-6-15-36-26/h6,10,14-15,17-18,20,22,25,32,34,36-38,41-42H,2-5,7-9,11-13,16,19,21,35H2,1H3/t25-,32-,34+/m0/s1. The van der Waals surface area contributed by atoms with Gasteiger partial charge >= 0.3 is 0 Å². The van der Waals surface area contributed by atoms with Gasteiger partial charge in [0.05, 0.1) is 12.9 Å². The van der Waals surface area contributed by atoms with Crippen molar-refractivity contribution in [2.24, 2.45) is 17.6 Å². The largest absolute Gasteiger partial charge is 0.504 e. The van der Waals surface area contributed by atoms with Crippen LogP contribution in [0.15, 0.2) is 54.0 Å². The number of aliphatic hydroxyl groups is 2. The van der Waals surface area contributed by atoms with Gasteiger partial charge in [-0.15, -0.1) is 0 Å². The summed E-state index contributed by atoms with van der Waals surface area (Å²) in [4.78, 5) is 28.6. The number of allylic oxidation sites excluding steroid dienone is 2. The third-order valence-electron chi connectivity index (χ3n) is 8.93. The number of phenols is 1. The highest BCUT2D eigenvalue weighted by Gasteiger charge is 2.31. The summed E-state index contributed by atoms with van der Waals surface area (Å²) in [5.41, 5.74) is 9.16. The highest BCUT2D eigenvalue weighted by Crippen LogP contribution is 2.44. The maximum atomic E-state index is 12.9. The average Bonchev–Trinajstić information content (AvgIpc) is 3.54. The van der Waals surface area contributed by atoms with Crippen molar-refractivity contribution in [2.75, 3.05) is 20.3 Å². The van der Waals surface area contributed by atoms with Crippen molar-refractivity contribution in [3.63, 3.8) is 0 Å². The summed E-state index contributed by atoms with van der Waals surface area (Å²) in [6, 6.07) is 7.33. The number of hydrogen-bond donors (Lipinski definition) is 6. The van der Waals surface area contributed by atoms with Gasteiger partial charge in [-0.3, -0.25) is 9.59 Å². The summed E-state index contributed by atoms with van der Waals surface area (Å²) >= 11 is 0. The van der Waals surface area contributed by atoms with E-state index < -0.39 is 23.6 Å². The molecule has 4 rings (SSSR count). The fraction of sp³-hybridized carbons (Fsp3) is 0.529. The molecule has 1 aliphatic carbocycles. The topological polar surface area (TPSA) is 158 Å². The number of aryl methyl sites for hydroxylation is 1. The van der Waals surface area contributed by atoms with Crippen molar-refractivity contribution < 1.29 is 29.6 Å². The second-order valence-corrected chi connectivity index (χ2v) is 12.0. The zero-order valence-corrected chi connectivity index (χ0v) is 25.2. The molecule has 1 aromatic heterocycles. The second-order valence-electron chi connectivity index (χ2n) is 12.0. The maximum Gasteiger partial charge on any atom is 0.170 e. The molecule has 0 radical (unpaired) electrons. The van der Waals surface area contributed by atoms with Crippen molar-refractivity contribution in [1.82, 2.24) is 10.3 Å². The molecular formula is C34H47N3O6. The maximum absolute atomic E-state index is 12.9. The van der Waals surface area contributed by atoms with Gasteiger partial charge in [-0.25, -0.2) is 0 Å². The number of dihydropyridines is 1. The zero-order chi connectivity index (χ0) is 30.8. The van der Waals surface area contributed by atoms with Crippen molar-refractivity contribution in [1.29, 1.82) is 0 Å². The normalized spacial score (nSPS) is 17.7. The van der Waals surface area contributed by atoms with E-state index in [9.17, 15) is 24.9 Å². The quantitative estimate of drug-likeness (QED) is 0.158. The second kappa shape index (κ2) is 15.8. The number of ether oxygens (including phenoxy) is 1. The van der Waals surface area contributed by atoms with Gasteiger partial charge in [0.25, 0.3) is 0 Å². The van der Waals surface area contributed by atoms with Crippen LogP contribution in [0.3, 0.4) is 0 Å². The smallest absolute Gasteiger partial charge is 0.170 e. The first kappa shape index (κ1) is 32.4. The average molecular weight is 594 g/mol. The summed E-state index contributed by atoms with van der Waals surface area (Å²) in [7, 11) is 1.46. The van der Waals surface area contributed by atoms with Gasteiger partial charge in [0, 0.05) is 49.4 Å². The summed E-state index contributed by atoms with van der Waals surface area (Å²) in [6.45, 7) is 0.356. The Morgan fingerprint density at radius 3 is 2.58 bits per heavy atom. The molecule has 234 valence electrons. The van der Waals surface area contributed by atoms with Crippen LogP contribution in [0.2, 0.25) is 0 Å². The SMILES string of the molecule is COc1cc(CCC(=O)[C@H](O)C(=O)CCCC2CCCCC2)cc([C@@H](C2=CCNC(N)=C2)[C@H](CO)Cc2ccc[nH]2)c1O. The Kier molecular flexibility index (Phi) is 11.9. The summed E-state index contributed by atoms with van der Waals surface area (Å²) in [6.07, 6.45) is 12.8. The Labute approximate surface area is 254 Å². The molecule has 1 fully saturated rings. The molecule has 0 bridgehead atoms. The van der Waals surface area contributed by atoms with E-state index in [-0.39, 0.29) is 43.3 Å². The Balaban J connectivity index is 1.50. The van der Waals surface area contributed by atoms with Crippen LogP contribution >= 0.6 is 0 Å². The van der Waals surface area contributed by atoms with E-state index >= 15 is 0 Å². The first-order chi connectivity index (χ1) is 20.8. The van der Waals surface area contributed by atoms with Crippen LogP contribution < -0.4 is 15.8 Å². The number of aromatic nitrogens is 1. The number of H-pyrrole nitrogens is 1. The van der Waals surface area contributed by atoms with Crippen LogP contribution in [-0.4, -0.2) is 58.2 Å². The van der Waals surface area contributed by atoms with Gasteiger partial charge in [0.15, 0.2) is 29.2 Å². The third kappa shape index (κ3) is 8.74. The lowest BCUT2D eigenvalue weighted by atomic mass is 9.76. The monoisotopic (exact) mass is 593 g/mol. The molecule has 0 spiro atoms. The predicted octanol–water partition coefficient (Wildman–Crippen LogP) is 4.18. The Morgan fingerprint density at radius 2 is 1.91 bits per heavy atom. The molecule has 43 heavy (non-hydrogen) atoms. The van der Waals surface area contributed by atoms with E-state index in [1.165, 1.54) is 39.2 Å². The lowest BCUT2D eigenvalue weighted by Crippen LogP contribution is -2.30. The van der Waals surface area contributed by atoms with Crippen LogP contribution in [0.5, 0.6) is 11.5 Å². The van der Waals surface area contributed by atoms with Gasteiger partial charge in [0.1, 0.15) is 0 Å². The molecule has 7 N–H and O–H groups in total. The van der Waals surface area contributed by atoms with Gasteiger partial charge in [0.2, 0.25) is 0 Å². The number of hydrogen-bond acceptors (Lipinski definition) is 8. The van der Waals surface area contributed by atoms with E-state index in [1.807, 2.05) is 36.5 Å². The molecule has 0 unspecified atom stereocenters. The summed E-state index contributed by atoms with van der Waals surface area (Å²) in [5.74, 6) is -0.337. The van der Waals surface area contributed by atoms with Crippen molar-refractivity contribution in [3.05, 3.63) is 70.8 Å². The Morgan fingerprint density at radius 1 is 1.14 bits per heavy atom. The van der Waals surface area contributed by atoms with Crippen molar-refractivity contribution >= 4 is 11.6 Å². The highest BCUT2D eigenvalue weighted by molar-refractivity contribution is 6.05. The predicted molar refractivity (Wildman–Crippen MR) is 166 cm³/mol. The Hall–Kier alpha value is -3.56. The fourth-order valence-electron chi connectivity index (χ4n) is 6.55. The van der Waals surface area contributed by atoms with Crippen LogP contribution in [-0.2, 0) is 22.4 Å². The molecule has 0 saturated heterocycles. The number of aromatic hydroxyl groups is 1. The van der Waals surface area contributed by atoms with Crippen LogP contribution in [0.4, 0.5) is 0 Å². The number of carbonyl (C=O) groups excluding carboxylic acids is 2. The lowest BCUT2D eigenvalue weighted by Gasteiger charge is -2.30. The number of phenolic OH excluding ortho intramolecular Hbond substituents is 1. The molecule has 3 atom stereocenters. The van der Waals surface area contributed by atoms with Crippen LogP contribution in [0, 0.1) is 11.8 Å². The third-order valence-corrected chi connectivity index (χ3v) is 8.93. The van der Waals surface area contributed by atoms with Gasteiger partial charge in [-0.2, -0.15) is 0 Å². The van der Waals surface area contributed by atoms with E-state index in [0.717, 1.165) is 17.7 Å². The minimum absolute atomic E-state index is 0.0288. The molecular weight excluding hydrogens is 546 g/mol. The number of nitrogens with two attached hydrogens (primary N) is 1. The van der Waals surface area contributed by atoms with Crippen molar-refractivity contribution in [3.8, 4) is 11.5 Å². The lowest BCUT2D eigenvalue weighted by molar-refractivity contribution is -0.138. The molecule has 9 nitrogen and oxygen atoms in total. The van der Waals surface area contributed by atoms with Gasteiger partial charge in [-0.1, -0.05) is 50.7 Å². The molecule has 1 saturated carbocycles. The fourth-order valence-corrected chi connectivity index (χ4v) is 6.55.